The number of aliphatic hydroxyl groups is 1. The predicted molar refractivity (Wildman–Crippen MR) is 77.1 cm³/mol. The lowest BCUT2D eigenvalue weighted by Crippen LogP contribution is -2.38. The monoisotopic (exact) mass is 315 g/mol. The number of amides is 1. The molecule has 0 atom stereocenters. The SMILES string of the molecule is Cn1cc(S(N)(=O)=O)cc1C(=O)NCC1(CO)CCCC1. The lowest BCUT2D eigenvalue weighted by Gasteiger charge is -2.26. The number of hydrogen-bond donors (Lipinski definition) is 3. The van der Waals surface area contributed by atoms with E-state index in [1.165, 1.54) is 16.8 Å². The molecule has 0 saturated heterocycles. The normalized spacial score (nSPS) is 17.9. The number of rotatable bonds is 5. The number of hydrogen-bond acceptors (Lipinski definition) is 4. The summed E-state index contributed by atoms with van der Waals surface area (Å²) >= 11 is 0. The van der Waals surface area contributed by atoms with Gasteiger partial charge in [-0.2, -0.15) is 0 Å². The zero-order valence-corrected chi connectivity index (χ0v) is 12.8. The van der Waals surface area contributed by atoms with E-state index in [-0.39, 0.29) is 28.5 Å². The maximum Gasteiger partial charge on any atom is 0.267 e. The molecular weight excluding hydrogens is 294 g/mol. The Morgan fingerprint density at radius 2 is 2.10 bits per heavy atom. The van der Waals surface area contributed by atoms with E-state index in [0.29, 0.717) is 6.54 Å². The minimum Gasteiger partial charge on any atom is -0.396 e. The largest absolute Gasteiger partial charge is 0.396 e. The highest BCUT2D eigenvalue weighted by molar-refractivity contribution is 7.89. The van der Waals surface area contributed by atoms with Crippen LogP contribution in [-0.2, 0) is 17.1 Å². The third kappa shape index (κ3) is 3.45. The fourth-order valence-corrected chi connectivity index (χ4v) is 3.37. The Morgan fingerprint density at radius 3 is 2.57 bits per heavy atom. The summed E-state index contributed by atoms with van der Waals surface area (Å²) in [4.78, 5) is 12.1. The summed E-state index contributed by atoms with van der Waals surface area (Å²) in [6.07, 6.45) is 5.19. The van der Waals surface area contributed by atoms with Gasteiger partial charge in [0.2, 0.25) is 10.0 Å². The molecule has 118 valence electrons. The summed E-state index contributed by atoms with van der Waals surface area (Å²) in [5.74, 6) is -0.368. The second kappa shape index (κ2) is 5.78. The van der Waals surface area contributed by atoms with Gasteiger partial charge in [0.15, 0.2) is 0 Å². The van der Waals surface area contributed by atoms with Crippen molar-refractivity contribution >= 4 is 15.9 Å². The molecule has 0 unspecified atom stereocenters. The second-order valence-corrected chi connectivity index (χ2v) is 7.33. The molecule has 0 aliphatic heterocycles. The molecule has 1 aromatic heterocycles. The van der Waals surface area contributed by atoms with E-state index in [2.05, 4.69) is 5.32 Å². The van der Waals surface area contributed by atoms with Crippen molar-refractivity contribution in [1.82, 2.24) is 9.88 Å². The molecule has 2 rings (SSSR count). The number of sulfonamides is 1. The average molecular weight is 315 g/mol. The quantitative estimate of drug-likeness (QED) is 0.707. The van der Waals surface area contributed by atoms with Crippen molar-refractivity contribution in [1.29, 1.82) is 0 Å². The van der Waals surface area contributed by atoms with Gasteiger partial charge in [-0.25, -0.2) is 13.6 Å². The zero-order valence-electron chi connectivity index (χ0n) is 12.0. The Hall–Kier alpha value is -1.38. The minimum absolute atomic E-state index is 0.0445. The standard InChI is InChI=1S/C13H21N3O4S/c1-16-7-10(21(14,19)20)6-11(16)12(18)15-8-13(9-17)4-2-3-5-13/h6-7,17H,2-5,8-9H2,1H3,(H,15,18)(H2,14,19,20). The van der Waals surface area contributed by atoms with Crippen molar-refractivity contribution in [2.45, 2.75) is 30.6 Å². The highest BCUT2D eigenvalue weighted by Gasteiger charge is 2.33. The van der Waals surface area contributed by atoms with Crippen molar-refractivity contribution in [2.75, 3.05) is 13.2 Å². The van der Waals surface area contributed by atoms with Crippen LogP contribution in [0, 0.1) is 5.41 Å². The summed E-state index contributed by atoms with van der Waals surface area (Å²) in [5, 5.41) is 17.3. The molecule has 1 amide bonds. The molecular formula is C13H21N3O4S. The molecule has 1 aliphatic carbocycles. The van der Waals surface area contributed by atoms with E-state index in [1.54, 1.807) is 7.05 Å². The molecule has 8 heteroatoms. The van der Waals surface area contributed by atoms with Gasteiger partial charge in [0, 0.05) is 25.2 Å². The number of aromatic nitrogens is 1. The first kappa shape index (κ1) is 16.0. The molecule has 0 aromatic carbocycles. The highest BCUT2D eigenvalue weighted by atomic mass is 32.2. The van der Waals surface area contributed by atoms with Crippen LogP contribution in [0.15, 0.2) is 17.2 Å². The Bertz CT molecular complexity index is 630. The third-order valence-corrected chi connectivity index (χ3v) is 5.04. The van der Waals surface area contributed by atoms with Crippen LogP contribution in [0.4, 0.5) is 0 Å². The van der Waals surface area contributed by atoms with Crippen LogP contribution in [-0.4, -0.2) is 37.2 Å². The predicted octanol–water partition coefficient (Wildman–Crippen LogP) is -0.0450. The highest BCUT2D eigenvalue weighted by Crippen LogP contribution is 2.36. The molecule has 1 fully saturated rings. The van der Waals surface area contributed by atoms with Gasteiger partial charge in [0.25, 0.3) is 5.91 Å². The van der Waals surface area contributed by atoms with Crippen LogP contribution in [0.1, 0.15) is 36.2 Å². The Kier molecular flexibility index (Phi) is 4.40. The van der Waals surface area contributed by atoms with Gasteiger partial charge in [-0.1, -0.05) is 12.8 Å². The summed E-state index contributed by atoms with van der Waals surface area (Å²) in [7, 11) is -2.24. The van der Waals surface area contributed by atoms with E-state index in [9.17, 15) is 18.3 Å². The lowest BCUT2D eigenvalue weighted by molar-refractivity contribution is 0.0873. The van der Waals surface area contributed by atoms with E-state index >= 15 is 0 Å². The van der Waals surface area contributed by atoms with Gasteiger partial charge < -0.3 is 15.0 Å². The fraction of sp³-hybridized carbons (Fsp3) is 0.615. The Labute approximate surface area is 124 Å². The van der Waals surface area contributed by atoms with E-state index in [1.807, 2.05) is 0 Å². The summed E-state index contributed by atoms with van der Waals surface area (Å²) in [5.41, 5.74) is -0.0195. The number of aryl methyl sites for hydroxylation is 1. The zero-order chi connectivity index (χ0) is 15.7. The van der Waals surface area contributed by atoms with Crippen LogP contribution in [0.5, 0.6) is 0 Å². The Morgan fingerprint density at radius 1 is 1.48 bits per heavy atom. The molecule has 1 heterocycles. The number of carbonyl (C=O) groups is 1. The third-order valence-electron chi connectivity index (χ3n) is 4.16. The molecule has 7 nitrogen and oxygen atoms in total. The maximum atomic E-state index is 12.2. The number of primary sulfonamides is 1. The Balaban J connectivity index is 2.09. The molecule has 0 bridgehead atoms. The van der Waals surface area contributed by atoms with E-state index in [4.69, 9.17) is 5.14 Å². The smallest absolute Gasteiger partial charge is 0.267 e. The number of nitrogens with one attached hydrogen (secondary N) is 1. The number of aliphatic hydroxyl groups excluding tert-OH is 1. The summed E-state index contributed by atoms with van der Waals surface area (Å²) < 4.78 is 24.0. The first-order chi connectivity index (χ1) is 9.77. The van der Waals surface area contributed by atoms with Crippen molar-refractivity contribution in [3.8, 4) is 0 Å². The first-order valence-electron chi connectivity index (χ1n) is 6.86. The number of carbonyl (C=O) groups excluding carboxylic acids is 1. The van der Waals surface area contributed by atoms with Crippen LogP contribution in [0.2, 0.25) is 0 Å². The van der Waals surface area contributed by atoms with Crippen molar-refractivity contribution < 1.29 is 18.3 Å². The molecule has 0 spiro atoms. The van der Waals surface area contributed by atoms with Crippen LogP contribution in [0.3, 0.4) is 0 Å². The maximum absolute atomic E-state index is 12.2. The molecule has 4 N–H and O–H groups in total. The first-order valence-corrected chi connectivity index (χ1v) is 8.40. The topological polar surface area (TPSA) is 114 Å². The lowest BCUT2D eigenvalue weighted by atomic mass is 9.87. The van der Waals surface area contributed by atoms with Gasteiger partial charge in [-0.15, -0.1) is 0 Å². The molecule has 1 saturated carbocycles. The van der Waals surface area contributed by atoms with Crippen LogP contribution < -0.4 is 10.5 Å². The average Bonchev–Trinajstić information content (AvgIpc) is 3.02. The fourth-order valence-electron chi connectivity index (χ4n) is 2.79. The van der Waals surface area contributed by atoms with Crippen molar-refractivity contribution in [3.05, 3.63) is 18.0 Å². The molecule has 0 radical (unpaired) electrons. The van der Waals surface area contributed by atoms with Gasteiger partial charge in [0.1, 0.15) is 10.6 Å². The van der Waals surface area contributed by atoms with E-state index in [0.717, 1.165) is 25.7 Å². The number of nitrogens with zero attached hydrogens (tertiary/aromatic N) is 1. The van der Waals surface area contributed by atoms with Gasteiger partial charge in [-0.05, 0) is 18.9 Å². The summed E-state index contributed by atoms with van der Waals surface area (Å²) in [6, 6.07) is 1.25. The van der Waals surface area contributed by atoms with Crippen molar-refractivity contribution in [3.63, 3.8) is 0 Å². The second-order valence-electron chi connectivity index (χ2n) is 5.76. The van der Waals surface area contributed by atoms with Gasteiger partial charge in [-0.3, -0.25) is 4.79 Å². The van der Waals surface area contributed by atoms with Crippen LogP contribution in [0.25, 0.3) is 0 Å². The molecule has 1 aliphatic rings. The van der Waals surface area contributed by atoms with Crippen molar-refractivity contribution in [2.24, 2.45) is 17.6 Å². The molecule has 21 heavy (non-hydrogen) atoms. The van der Waals surface area contributed by atoms with Crippen LogP contribution >= 0.6 is 0 Å². The summed E-state index contributed by atoms with van der Waals surface area (Å²) in [6.45, 7) is 0.432. The van der Waals surface area contributed by atoms with Gasteiger partial charge >= 0.3 is 0 Å². The van der Waals surface area contributed by atoms with E-state index < -0.39 is 10.0 Å². The van der Waals surface area contributed by atoms with Gasteiger partial charge in [0.05, 0.1) is 6.61 Å². The minimum atomic E-state index is -3.83. The molecule has 1 aromatic rings. The number of nitrogens with two attached hydrogens (primary N) is 1.